The van der Waals surface area contributed by atoms with Crippen molar-refractivity contribution >= 4 is 12.4 Å². The van der Waals surface area contributed by atoms with Crippen LogP contribution in [0.25, 0.3) is 11.3 Å². The average molecular weight is 290 g/mol. The molecular formula is C13H11ClF3NO. The number of aliphatic hydroxyl groups excluding tert-OH is 1. The minimum absolute atomic E-state index is 0. The van der Waals surface area contributed by atoms with Crippen LogP contribution in [0, 0.1) is 0 Å². The Hall–Kier alpha value is -1.59. The Labute approximate surface area is 114 Å². The van der Waals surface area contributed by atoms with Gasteiger partial charge in [0, 0.05) is 17.3 Å². The van der Waals surface area contributed by atoms with Crippen molar-refractivity contribution < 1.29 is 18.3 Å². The molecule has 0 aliphatic heterocycles. The van der Waals surface area contributed by atoms with Gasteiger partial charge < -0.3 is 5.11 Å². The number of nitrogens with zero attached hydrogens (tertiary/aromatic N) is 1. The van der Waals surface area contributed by atoms with E-state index in [0.29, 0.717) is 16.8 Å². The van der Waals surface area contributed by atoms with Crippen LogP contribution in [-0.2, 0) is 12.8 Å². The second-order valence-electron chi connectivity index (χ2n) is 3.75. The predicted molar refractivity (Wildman–Crippen MR) is 67.8 cm³/mol. The molecule has 19 heavy (non-hydrogen) atoms. The summed E-state index contributed by atoms with van der Waals surface area (Å²) in [6, 6.07) is 8.16. The Morgan fingerprint density at radius 2 is 1.84 bits per heavy atom. The summed E-state index contributed by atoms with van der Waals surface area (Å²) >= 11 is 0. The molecule has 2 nitrogen and oxygen atoms in total. The molecule has 102 valence electrons. The lowest BCUT2D eigenvalue weighted by atomic mass is 10.0. The van der Waals surface area contributed by atoms with Crippen molar-refractivity contribution in [3.05, 3.63) is 53.7 Å². The maximum absolute atomic E-state index is 12.6. The number of rotatable bonds is 2. The summed E-state index contributed by atoms with van der Waals surface area (Å²) in [5.74, 6) is 0. The van der Waals surface area contributed by atoms with Crippen LogP contribution in [0.3, 0.4) is 0 Å². The van der Waals surface area contributed by atoms with E-state index in [2.05, 4.69) is 4.98 Å². The molecule has 1 N–H and O–H groups in total. The lowest BCUT2D eigenvalue weighted by molar-refractivity contribution is -0.137. The number of hydrogen-bond donors (Lipinski definition) is 1. The molecule has 0 unspecified atom stereocenters. The van der Waals surface area contributed by atoms with Gasteiger partial charge in [-0.2, -0.15) is 13.2 Å². The molecule has 0 atom stereocenters. The van der Waals surface area contributed by atoms with Crippen LogP contribution < -0.4 is 0 Å². The summed E-state index contributed by atoms with van der Waals surface area (Å²) in [6.45, 7) is -0.264. The molecule has 1 aromatic carbocycles. The van der Waals surface area contributed by atoms with E-state index in [-0.39, 0.29) is 19.0 Å². The van der Waals surface area contributed by atoms with Crippen LogP contribution in [0.5, 0.6) is 0 Å². The molecule has 6 heteroatoms. The molecule has 1 aromatic heterocycles. The Balaban J connectivity index is 0.00000180. The van der Waals surface area contributed by atoms with E-state index in [4.69, 9.17) is 5.11 Å². The van der Waals surface area contributed by atoms with E-state index < -0.39 is 11.7 Å². The second kappa shape index (κ2) is 6.04. The van der Waals surface area contributed by atoms with Gasteiger partial charge in [0.15, 0.2) is 0 Å². The highest BCUT2D eigenvalue weighted by molar-refractivity contribution is 5.85. The van der Waals surface area contributed by atoms with Gasteiger partial charge in [0.25, 0.3) is 0 Å². The van der Waals surface area contributed by atoms with Crippen molar-refractivity contribution in [1.82, 2.24) is 4.98 Å². The fourth-order valence-electron chi connectivity index (χ4n) is 1.67. The van der Waals surface area contributed by atoms with Crippen LogP contribution in [-0.4, -0.2) is 10.1 Å². The molecule has 0 spiro atoms. The second-order valence-corrected chi connectivity index (χ2v) is 3.75. The van der Waals surface area contributed by atoms with Crippen molar-refractivity contribution in [3.63, 3.8) is 0 Å². The fourth-order valence-corrected chi connectivity index (χ4v) is 1.67. The Bertz CT molecular complexity index is 558. The fraction of sp³-hybridized carbons (Fsp3) is 0.154. The molecule has 2 aromatic rings. The Morgan fingerprint density at radius 3 is 2.47 bits per heavy atom. The summed E-state index contributed by atoms with van der Waals surface area (Å²) in [6.07, 6.45) is -2.90. The first-order chi connectivity index (χ1) is 8.52. The Morgan fingerprint density at radius 1 is 1.11 bits per heavy atom. The van der Waals surface area contributed by atoms with Crippen LogP contribution in [0.15, 0.2) is 42.6 Å². The number of pyridine rings is 1. The summed E-state index contributed by atoms with van der Waals surface area (Å²) in [5.41, 5.74) is 0.479. The van der Waals surface area contributed by atoms with Crippen molar-refractivity contribution in [2.75, 3.05) is 0 Å². The molecule has 0 bridgehead atoms. The average Bonchev–Trinajstić information content (AvgIpc) is 2.38. The zero-order chi connectivity index (χ0) is 13.2. The van der Waals surface area contributed by atoms with Gasteiger partial charge in [-0.25, -0.2) is 0 Å². The molecule has 0 amide bonds. The van der Waals surface area contributed by atoms with Gasteiger partial charge in [-0.1, -0.05) is 18.2 Å². The summed E-state index contributed by atoms with van der Waals surface area (Å²) in [4.78, 5) is 4.02. The highest BCUT2D eigenvalue weighted by Gasteiger charge is 2.30. The maximum Gasteiger partial charge on any atom is 0.416 e. The third-order valence-corrected chi connectivity index (χ3v) is 2.52. The van der Waals surface area contributed by atoms with Gasteiger partial charge in [0.05, 0.1) is 17.9 Å². The van der Waals surface area contributed by atoms with Gasteiger partial charge >= 0.3 is 6.18 Å². The first-order valence-corrected chi connectivity index (χ1v) is 5.25. The predicted octanol–water partition coefficient (Wildman–Crippen LogP) is 3.68. The number of benzene rings is 1. The number of aromatic nitrogens is 1. The number of aliphatic hydroxyl groups is 1. The number of alkyl halides is 3. The van der Waals surface area contributed by atoms with E-state index in [1.54, 1.807) is 12.1 Å². The van der Waals surface area contributed by atoms with Gasteiger partial charge in [0.1, 0.15) is 0 Å². The quantitative estimate of drug-likeness (QED) is 0.915. The zero-order valence-corrected chi connectivity index (χ0v) is 10.5. The standard InChI is InChI=1S/C13H10F3NO.ClH/c14-13(15,16)11-5-1-3-9(7-11)12-10(8-18)4-2-6-17-12;/h1-7,18H,8H2;1H. The Kier molecular flexibility index (Phi) is 4.91. The molecule has 0 fully saturated rings. The maximum atomic E-state index is 12.6. The minimum atomic E-state index is -4.38. The van der Waals surface area contributed by atoms with E-state index in [1.807, 2.05) is 0 Å². The summed E-state index contributed by atoms with van der Waals surface area (Å²) < 4.78 is 37.8. The third-order valence-electron chi connectivity index (χ3n) is 2.52. The zero-order valence-electron chi connectivity index (χ0n) is 9.69. The largest absolute Gasteiger partial charge is 0.416 e. The summed E-state index contributed by atoms with van der Waals surface area (Å²) in [7, 11) is 0. The lowest BCUT2D eigenvalue weighted by Crippen LogP contribution is -2.05. The van der Waals surface area contributed by atoms with E-state index in [1.165, 1.54) is 18.3 Å². The molecule has 0 aliphatic carbocycles. The third kappa shape index (κ3) is 3.45. The number of hydrogen-bond acceptors (Lipinski definition) is 2. The van der Waals surface area contributed by atoms with Crippen molar-refractivity contribution in [2.24, 2.45) is 0 Å². The van der Waals surface area contributed by atoms with Crippen LogP contribution in [0.2, 0.25) is 0 Å². The molecule has 0 saturated heterocycles. The van der Waals surface area contributed by atoms with Gasteiger partial charge in [-0.3, -0.25) is 4.98 Å². The molecule has 2 rings (SSSR count). The van der Waals surface area contributed by atoms with E-state index in [9.17, 15) is 13.2 Å². The minimum Gasteiger partial charge on any atom is -0.392 e. The molecule has 0 saturated carbocycles. The molecule has 0 aliphatic rings. The van der Waals surface area contributed by atoms with E-state index >= 15 is 0 Å². The van der Waals surface area contributed by atoms with Crippen molar-refractivity contribution in [3.8, 4) is 11.3 Å². The van der Waals surface area contributed by atoms with Gasteiger partial charge in [-0.05, 0) is 18.2 Å². The van der Waals surface area contributed by atoms with Crippen LogP contribution >= 0.6 is 12.4 Å². The highest BCUT2D eigenvalue weighted by atomic mass is 35.5. The van der Waals surface area contributed by atoms with Crippen molar-refractivity contribution in [2.45, 2.75) is 12.8 Å². The molecule has 0 radical (unpaired) electrons. The highest BCUT2D eigenvalue weighted by Crippen LogP contribution is 2.32. The van der Waals surface area contributed by atoms with Gasteiger partial charge in [0.2, 0.25) is 0 Å². The molecular weight excluding hydrogens is 279 g/mol. The smallest absolute Gasteiger partial charge is 0.392 e. The van der Waals surface area contributed by atoms with E-state index in [0.717, 1.165) is 12.1 Å². The molecule has 1 heterocycles. The van der Waals surface area contributed by atoms with Gasteiger partial charge in [-0.15, -0.1) is 12.4 Å². The lowest BCUT2D eigenvalue weighted by Gasteiger charge is -2.10. The van der Waals surface area contributed by atoms with Crippen LogP contribution in [0.4, 0.5) is 13.2 Å². The van der Waals surface area contributed by atoms with Crippen LogP contribution in [0.1, 0.15) is 11.1 Å². The summed E-state index contributed by atoms with van der Waals surface area (Å²) in [5, 5.41) is 9.15. The first kappa shape index (κ1) is 15.5. The van der Waals surface area contributed by atoms with Crippen molar-refractivity contribution in [1.29, 1.82) is 0 Å². The monoisotopic (exact) mass is 289 g/mol. The topological polar surface area (TPSA) is 33.1 Å². The SMILES string of the molecule is Cl.OCc1cccnc1-c1cccc(C(F)(F)F)c1. The first-order valence-electron chi connectivity index (χ1n) is 5.25. The normalized spacial score (nSPS) is 10.9. The number of halogens is 4.